The normalized spacial score (nSPS) is 27.7. The topological polar surface area (TPSA) is 64.3 Å². The number of furan rings is 1. The molecule has 1 aliphatic heterocycles. The minimum absolute atomic E-state index is 0.186. The van der Waals surface area contributed by atoms with E-state index >= 15 is 0 Å². The molecule has 0 unspecified atom stereocenters. The van der Waals surface area contributed by atoms with Crippen LogP contribution in [0.1, 0.15) is 53.0 Å². The Morgan fingerprint density at radius 2 is 1.93 bits per heavy atom. The summed E-state index contributed by atoms with van der Waals surface area (Å²) in [5, 5.41) is -1.21. The second-order valence-electron chi connectivity index (χ2n) is 3.86. The second-order valence-corrected chi connectivity index (χ2v) is 6.46. The van der Waals surface area contributed by atoms with Crippen molar-refractivity contribution in [3.63, 3.8) is 0 Å². The van der Waals surface area contributed by atoms with Gasteiger partial charge in [0, 0.05) is 18.1 Å². The molecule has 0 fully saturated rings. The molecule has 4 nitrogen and oxygen atoms in total. The second kappa shape index (κ2) is 2.95. The van der Waals surface area contributed by atoms with Gasteiger partial charge >= 0.3 is 0 Å². The lowest BCUT2D eigenvalue weighted by atomic mass is 10.1. The standard InChI is InChI=1S/C10H12O4S/c1-5(11)10-9-7(3)15(12,13)6(2)8(9)4-14-10/h4,6-7H,1-3H3/t6-,7-/m0/s1. The molecule has 0 N–H and O–H groups in total. The van der Waals surface area contributed by atoms with E-state index in [0.29, 0.717) is 11.1 Å². The van der Waals surface area contributed by atoms with Crippen LogP contribution in [0, 0.1) is 0 Å². The molecule has 0 bridgehead atoms. The van der Waals surface area contributed by atoms with Crippen LogP contribution in [0.15, 0.2) is 10.7 Å². The van der Waals surface area contributed by atoms with E-state index < -0.39 is 20.3 Å². The number of carbonyl (C=O) groups is 1. The van der Waals surface area contributed by atoms with Crippen LogP contribution in [0.25, 0.3) is 0 Å². The summed E-state index contributed by atoms with van der Waals surface area (Å²) in [6.45, 7) is 4.60. The van der Waals surface area contributed by atoms with Crippen molar-refractivity contribution in [2.75, 3.05) is 0 Å². The molecule has 0 aliphatic carbocycles. The fourth-order valence-corrected chi connectivity index (χ4v) is 3.76. The minimum Gasteiger partial charge on any atom is -0.461 e. The minimum atomic E-state index is -3.19. The van der Waals surface area contributed by atoms with E-state index in [1.54, 1.807) is 13.8 Å². The van der Waals surface area contributed by atoms with Crippen molar-refractivity contribution in [1.29, 1.82) is 0 Å². The Morgan fingerprint density at radius 1 is 1.33 bits per heavy atom. The van der Waals surface area contributed by atoms with E-state index in [4.69, 9.17) is 4.42 Å². The van der Waals surface area contributed by atoms with Crippen LogP contribution in [0.3, 0.4) is 0 Å². The van der Waals surface area contributed by atoms with Gasteiger partial charge < -0.3 is 4.42 Å². The average molecular weight is 228 g/mol. The molecular formula is C10H12O4S. The van der Waals surface area contributed by atoms with Gasteiger partial charge in [-0.15, -0.1) is 0 Å². The molecular weight excluding hydrogens is 216 g/mol. The Hall–Kier alpha value is -1.10. The van der Waals surface area contributed by atoms with Gasteiger partial charge in [-0.1, -0.05) is 0 Å². The van der Waals surface area contributed by atoms with Gasteiger partial charge in [0.25, 0.3) is 0 Å². The summed E-state index contributed by atoms with van der Waals surface area (Å²) >= 11 is 0. The first kappa shape index (κ1) is 10.4. The molecule has 5 heteroatoms. The summed E-state index contributed by atoms with van der Waals surface area (Å²) in [5.41, 5.74) is 1.18. The largest absolute Gasteiger partial charge is 0.461 e. The first-order valence-electron chi connectivity index (χ1n) is 4.72. The molecule has 1 aliphatic rings. The smallest absolute Gasteiger partial charge is 0.195 e. The van der Waals surface area contributed by atoms with Crippen LogP contribution in [0.2, 0.25) is 0 Å². The van der Waals surface area contributed by atoms with Crippen LogP contribution < -0.4 is 0 Å². The van der Waals surface area contributed by atoms with Gasteiger partial charge in [0.1, 0.15) is 0 Å². The zero-order valence-electron chi connectivity index (χ0n) is 8.77. The lowest BCUT2D eigenvalue weighted by molar-refractivity contribution is 0.0986. The van der Waals surface area contributed by atoms with E-state index in [0.717, 1.165) is 0 Å². The van der Waals surface area contributed by atoms with E-state index in [1.165, 1.54) is 13.2 Å². The van der Waals surface area contributed by atoms with Gasteiger partial charge in [-0.3, -0.25) is 4.79 Å². The lowest BCUT2D eigenvalue weighted by Crippen LogP contribution is -2.08. The number of hydrogen-bond acceptors (Lipinski definition) is 4. The van der Waals surface area contributed by atoms with Crippen molar-refractivity contribution in [3.05, 3.63) is 23.2 Å². The summed E-state index contributed by atoms with van der Waals surface area (Å²) in [4.78, 5) is 11.2. The Balaban J connectivity index is 2.70. The van der Waals surface area contributed by atoms with Crippen molar-refractivity contribution in [2.24, 2.45) is 0 Å². The number of hydrogen-bond donors (Lipinski definition) is 0. The molecule has 0 amide bonds. The van der Waals surface area contributed by atoms with Crippen molar-refractivity contribution >= 4 is 15.6 Å². The summed E-state index contributed by atoms with van der Waals surface area (Å²) < 4.78 is 28.8. The molecule has 2 atom stereocenters. The molecule has 1 aromatic rings. The van der Waals surface area contributed by atoms with Gasteiger partial charge in [-0.05, 0) is 13.8 Å². The third-order valence-electron chi connectivity index (χ3n) is 3.01. The third kappa shape index (κ3) is 1.19. The van der Waals surface area contributed by atoms with Gasteiger partial charge in [-0.25, -0.2) is 8.42 Å². The predicted molar refractivity (Wildman–Crippen MR) is 54.5 cm³/mol. The molecule has 0 saturated carbocycles. The Labute approximate surface area is 88.2 Å². The highest BCUT2D eigenvalue weighted by molar-refractivity contribution is 7.92. The van der Waals surface area contributed by atoms with Crippen LogP contribution in [0.4, 0.5) is 0 Å². The van der Waals surface area contributed by atoms with Crippen LogP contribution in [-0.4, -0.2) is 14.2 Å². The van der Waals surface area contributed by atoms with Crippen molar-refractivity contribution in [3.8, 4) is 0 Å². The number of rotatable bonds is 1. The molecule has 2 rings (SSSR count). The average Bonchev–Trinajstić information content (AvgIpc) is 2.63. The quantitative estimate of drug-likeness (QED) is 0.690. The highest BCUT2D eigenvalue weighted by Gasteiger charge is 2.44. The molecule has 0 radical (unpaired) electrons. The Morgan fingerprint density at radius 3 is 2.47 bits per heavy atom. The maximum atomic E-state index is 11.8. The molecule has 0 spiro atoms. The molecule has 15 heavy (non-hydrogen) atoms. The number of ketones is 1. The summed E-state index contributed by atoms with van der Waals surface area (Å²) in [7, 11) is -3.19. The van der Waals surface area contributed by atoms with E-state index in [2.05, 4.69) is 0 Å². The number of sulfone groups is 1. The van der Waals surface area contributed by atoms with Gasteiger partial charge in [0.05, 0.1) is 16.8 Å². The number of fused-ring (bicyclic) bond motifs is 1. The van der Waals surface area contributed by atoms with Crippen LogP contribution in [-0.2, 0) is 9.84 Å². The first-order valence-corrected chi connectivity index (χ1v) is 6.33. The van der Waals surface area contributed by atoms with Gasteiger partial charge in [-0.2, -0.15) is 0 Å². The fourth-order valence-electron chi connectivity index (χ4n) is 2.03. The van der Waals surface area contributed by atoms with Crippen molar-refractivity contribution in [1.82, 2.24) is 0 Å². The zero-order valence-corrected chi connectivity index (χ0v) is 9.59. The monoisotopic (exact) mass is 228 g/mol. The SMILES string of the molecule is CC(=O)c1occ2c1[C@H](C)S(=O)(=O)[C@H]2C. The molecule has 2 heterocycles. The maximum absolute atomic E-state index is 11.8. The molecule has 0 aromatic carbocycles. The highest BCUT2D eigenvalue weighted by Crippen LogP contribution is 2.46. The van der Waals surface area contributed by atoms with Crippen molar-refractivity contribution in [2.45, 2.75) is 31.3 Å². The van der Waals surface area contributed by atoms with E-state index in [1.807, 2.05) is 0 Å². The Bertz CT molecular complexity index is 524. The summed E-state index contributed by atoms with van der Waals surface area (Å²) in [5.74, 6) is -0.0437. The zero-order chi connectivity index (χ0) is 11.4. The predicted octanol–water partition coefficient (Wildman–Crippen LogP) is 2.03. The molecule has 0 saturated heterocycles. The number of Topliss-reactive ketones (excluding diaryl/α,β-unsaturated/α-hetero) is 1. The molecule has 82 valence electrons. The van der Waals surface area contributed by atoms with Crippen LogP contribution in [0.5, 0.6) is 0 Å². The molecule has 1 aromatic heterocycles. The fraction of sp³-hybridized carbons (Fsp3) is 0.500. The van der Waals surface area contributed by atoms with Gasteiger partial charge in [0.15, 0.2) is 21.4 Å². The van der Waals surface area contributed by atoms with Crippen molar-refractivity contribution < 1.29 is 17.6 Å². The maximum Gasteiger partial charge on any atom is 0.195 e. The first-order chi connectivity index (χ1) is 6.87. The van der Waals surface area contributed by atoms with Crippen LogP contribution >= 0.6 is 0 Å². The van der Waals surface area contributed by atoms with Gasteiger partial charge in [0.2, 0.25) is 0 Å². The highest BCUT2D eigenvalue weighted by atomic mass is 32.2. The van der Waals surface area contributed by atoms with E-state index in [9.17, 15) is 13.2 Å². The van der Waals surface area contributed by atoms with E-state index in [-0.39, 0.29) is 11.5 Å². The third-order valence-corrected chi connectivity index (χ3v) is 5.47. The summed E-state index contributed by atoms with van der Waals surface area (Å²) in [6, 6.07) is 0. The number of carbonyl (C=O) groups excluding carboxylic acids is 1. The summed E-state index contributed by atoms with van der Waals surface area (Å²) in [6.07, 6.45) is 1.39. The Kier molecular flexibility index (Phi) is 2.05. The lowest BCUT2D eigenvalue weighted by Gasteiger charge is -2.06.